The van der Waals surface area contributed by atoms with Gasteiger partial charge in [-0.05, 0) is 48.9 Å². The van der Waals surface area contributed by atoms with Gasteiger partial charge in [-0.3, -0.25) is 9.57 Å². The standard InChI is InChI=1S/C22H27F3N2O3S/c1-14-3-8-18(15(2)13-14)16-4-6-17(7-5-16)19(22(23,24)25)9-11-31(27,30)12-10-20(26)21(28)29/h3-8,13,19-20,27H,9-12,26H2,1-2H3,(H,28,29)/t19?,20-,31?/m0/s1. The van der Waals surface area contributed by atoms with E-state index in [1.54, 1.807) is 12.1 Å². The normalized spacial score (nSPS) is 15.8. The summed E-state index contributed by atoms with van der Waals surface area (Å²) in [5, 5.41) is 8.76. The van der Waals surface area contributed by atoms with Crippen LogP contribution in [0.1, 0.15) is 35.4 Å². The number of hydrogen-bond donors (Lipinski definition) is 3. The van der Waals surface area contributed by atoms with Gasteiger partial charge in [0.2, 0.25) is 0 Å². The van der Waals surface area contributed by atoms with E-state index in [0.29, 0.717) is 0 Å². The Kier molecular flexibility index (Phi) is 7.88. The number of carbonyl (C=O) groups is 1. The Labute approximate surface area is 180 Å². The molecular weight excluding hydrogens is 429 g/mol. The average molecular weight is 457 g/mol. The van der Waals surface area contributed by atoms with Gasteiger partial charge in [0.15, 0.2) is 0 Å². The zero-order valence-corrected chi connectivity index (χ0v) is 18.2. The van der Waals surface area contributed by atoms with Crippen molar-refractivity contribution in [1.29, 1.82) is 4.78 Å². The van der Waals surface area contributed by atoms with E-state index in [4.69, 9.17) is 15.6 Å². The topological polar surface area (TPSA) is 104 Å². The van der Waals surface area contributed by atoms with E-state index < -0.39 is 46.0 Å². The SMILES string of the molecule is Cc1ccc(-c2ccc(C(CCS(=N)(=O)CC[C@H](N)C(=O)O)C(F)(F)F)cc2)c(C)c1. The number of halogens is 3. The number of benzene rings is 2. The smallest absolute Gasteiger partial charge is 0.395 e. The van der Waals surface area contributed by atoms with Crippen molar-refractivity contribution >= 4 is 15.7 Å². The van der Waals surface area contributed by atoms with Crippen LogP contribution in [0.2, 0.25) is 0 Å². The molecule has 0 bridgehead atoms. The first-order chi connectivity index (χ1) is 14.3. The van der Waals surface area contributed by atoms with E-state index in [1.807, 2.05) is 32.0 Å². The highest BCUT2D eigenvalue weighted by Gasteiger charge is 2.40. The molecule has 3 atom stereocenters. The minimum absolute atomic E-state index is 0.0402. The summed E-state index contributed by atoms with van der Waals surface area (Å²) < 4.78 is 61.2. The lowest BCUT2D eigenvalue weighted by Crippen LogP contribution is -2.32. The number of aliphatic carboxylic acids is 1. The minimum Gasteiger partial charge on any atom is -0.480 e. The molecule has 4 N–H and O–H groups in total. The fourth-order valence-corrected chi connectivity index (χ4v) is 4.86. The van der Waals surface area contributed by atoms with Crippen LogP contribution >= 0.6 is 0 Å². The summed E-state index contributed by atoms with van der Waals surface area (Å²) in [6, 6.07) is 10.7. The Hall–Kier alpha value is -2.39. The molecule has 0 fully saturated rings. The Morgan fingerprint density at radius 2 is 1.68 bits per heavy atom. The highest BCUT2D eigenvalue weighted by Crippen LogP contribution is 2.38. The van der Waals surface area contributed by atoms with Crippen molar-refractivity contribution in [2.75, 3.05) is 11.5 Å². The molecule has 9 heteroatoms. The van der Waals surface area contributed by atoms with Gasteiger partial charge in [0.1, 0.15) is 6.04 Å². The maximum Gasteiger partial charge on any atom is 0.395 e. The minimum atomic E-state index is -4.56. The van der Waals surface area contributed by atoms with Crippen LogP contribution in [0.5, 0.6) is 0 Å². The summed E-state index contributed by atoms with van der Waals surface area (Å²) in [5.41, 5.74) is 9.23. The van der Waals surface area contributed by atoms with E-state index >= 15 is 0 Å². The van der Waals surface area contributed by atoms with Crippen molar-refractivity contribution in [3.05, 3.63) is 59.2 Å². The second-order valence-corrected chi connectivity index (χ2v) is 10.2. The van der Waals surface area contributed by atoms with Gasteiger partial charge in [-0.25, -0.2) is 4.21 Å². The van der Waals surface area contributed by atoms with Crippen LogP contribution in [-0.4, -0.2) is 39.0 Å². The number of alkyl halides is 3. The van der Waals surface area contributed by atoms with Gasteiger partial charge < -0.3 is 10.8 Å². The van der Waals surface area contributed by atoms with Gasteiger partial charge in [0, 0.05) is 21.2 Å². The number of aryl methyl sites for hydroxylation is 2. The number of hydrogen-bond acceptors (Lipinski definition) is 4. The Bertz CT molecular complexity index is 1020. The fourth-order valence-electron chi connectivity index (χ4n) is 3.40. The summed E-state index contributed by atoms with van der Waals surface area (Å²) in [7, 11) is -3.38. The van der Waals surface area contributed by atoms with Crippen LogP contribution in [0.15, 0.2) is 42.5 Å². The molecule has 2 aromatic carbocycles. The lowest BCUT2D eigenvalue weighted by Gasteiger charge is -2.22. The van der Waals surface area contributed by atoms with Gasteiger partial charge in [0.25, 0.3) is 0 Å². The van der Waals surface area contributed by atoms with E-state index in [0.717, 1.165) is 22.3 Å². The monoisotopic (exact) mass is 456 g/mol. The quantitative estimate of drug-likeness (QED) is 0.501. The number of carboxylic acids is 1. The van der Waals surface area contributed by atoms with Crippen LogP contribution in [0.3, 0.4) is 0 Å². The Morgan fingerprint density at radius 1 is 1.10 bits per heavy atom. The Morgan fingerprint density at radius 3 is 2.19 bits per heavy atom. The molecule has 170 valence electrons. The molecule has 0 aliphatic carbocycles. The molecule has 31 heavy (non-hydrogen) atoms. The maximum atomic E-state index is 13.7. The van der Waals surface area contributed by atoms with Crippen molar-refractivity contribution in [3.63, 3.8) is 0 Å². The molecule has 0 aromatic heterocycles. The summed E-state index contributed by atoms with van der Waals surface area (Å²) in [6.07, 6.45) is -5.30. The number of carboxylic acid groups (broad SMARTS) is 1. The first-order valence-corrected chi connectivity index (χ1v) is 11.7. The highest BCUT2D eigenvalue weighted by molar-refractivity contribution is 7.92. The van der Waals surface area contributed by atoms with Gasteiger partial charge in [-0.15, -0.1) is 0 Å². The van der Waals surface area contributed by atoms with Gasteiger partial charge in [0.05, 0.1) is 5.92 Å². The van der Waals surface area contributed by atoms with Crippen molar-refractivity contribution in [1.82, 2.24) is 0 Å². The summed E-state index contributed by atoms with van der Waals surface area (Å²) in [5.74, 6) is -3.99. The van der Waals surface area contributed by atoms with Crippen LogP contribution in [0.4, 0.5) is 13.2 Å². The Balaban J connectivity index is 2.17. The third-order valence-corrected chi connectivity index (χ3v) is 7.00. The van der Waals surface area contributed by atoms with Crippen LogP contribution in [0.25, 0.3) is 11.1 Å². The second kappa shape index (κ2) is 9.82. The molecule has 2 aromatic rings. The predicted octanol–water partition coefficient (Wildman–Crippen LogP) is 4.86. The van der Waals surface area contributed by atoms with Crippen LogP contribution in [-0.2, 0) is 14.5 Å². The first-order valence-electron chi connectivity index (χ1n) is 9.77. The average Bonchev–Trinajstić information content (AvgIpc) is 2.66. The zero-order valence-electron chi connectivity index (χ0n) is 17.4. The van der Waals surface area contributed by atoms with Crippen LogP contribution in [0, 0.1) is 18.6 Å². The molecule has 0 radical (unpaired) electrons. The predicted molar refractivity (Wildman–Crippen MR) is 116 cm³/mol. The largest absolute Gasteiger partial charge is 0.480 e. The van der Waals surface area contributed by atoms with Gasteiger partial charge >= 0.3 is 12.1 Å². The summed E-state index contributed by atoms with van der Waals surface area (Å²) in [4.78, 5) is 10.7. The van der Waals surface area contributed by atoms with Crippen molar-refractivity contribution in [2.24, 2.45) is 5.73 Å². The molecule has 0 heterocycles. The third-order valence-electron chi connectivity index (χ3n) is 5.21. The molecule has 0 saturated heterocycles. The fraction of sp³-hybridized carbons (Fsp3) is 0.409. The molecule has 0 spiro atoms. The van der Waals surface area contributed by atoms with Gasteiger partial charge in [-0.2, -0.15) is 13.2 Å². The van der Waals surface area contributed by atoms with E-state index in [1.165, 1.54) is 12.1 Å². The third kappa shape index (κ3) is 7.07. The summed E-state index contributed by atoms with van der Waals surface area (Å²) in [6.45, 7) is 3.91. The maximum absolute atomic E-state index is 13.7. The van der Waals surface area contributed by atoms with Crippen LogP contribution < -0.4 is 5.73 Å². The molecule has 0 aliphatic heterocycles. The lowest BCUT2D eigenvalue weighted by atomic mass is 9.92. The highest BCUT2D eigenvalue weighted by atomic mass is 32.2. The lowest BCUT2D eigenvalue weighted by molar-refractivity contribution is -0.150. The number of nitrogens with one attached hydrogen (secondary N) is 1. The molecule has 0 amide bonds. The number of rotatable bonds is 9. The molecule has 2 unspecified atom stereocenters. The van der Waals surface area contributed by atoms with Crippen molar-refractivity contribution in [3.8, 4) is 11.1 Å². The molecule has 0 aliphatic rings. The molecule has 5 nitrogen and oxygen atoms in total. The van der Waals surface area contributed by atoms with Crippen molar-refractivity contribution < 1.29 is 27.3 Å². The van der Waals surface area contributed by atoms with E-state index in [-0.39, 0.29) is 17.7 Å². The second-order valence-electron chi connectivity index (χ2n) is 7.78. The van der Waals surface area contributed by atoms with Gasteiger partial charge in [-0.1, -0.05) is 48.0 Å². The van der Waals surface area contributed by atoms with E-state index in [9.17, 15) is 22.2 Å². The number of nitrogens with two attached hydrogens (primary N) is 1. The van der Waals surface area contributed by atoms with E-state index in [2.05, 4.69) is 0 Å². The van der Waals surface area contributed by atoms with Crippen molar-refractivity contribution in [2.45, 2.75) is 44.8 Å². The molecule has 2 rings (SSSR count). The summed E-state index contributed by atoms with van der Waals surface area (Å²) >= 11 is 0. The molecule has 0 saturated carbocycles. The zero-order chi connectivity index (χ0) is 23.4. The molecular formula is C22H27F3N2O3S. The first kappa shape index (κ1) is 24.9.